The Hall–Kier alpha value is -1.67. The summed E-state index contributed by atoms with van der Waals surface area (Å²) in [5.74, 6) is 1.36. The molecule has 8 heteroatoms. The van der Waals surface area contributed by atoms with Gasteiger partial charge in [-0.05, 0) is 48.1 Å². The number of thiophene rings is 1. The Labute approximate surface area is 170 Å². The topological polar surface area (TPSA) is 32.3 Å². The molecule has 1 amide bonds. The number of anilines is 1. The predicted molar refractivity (Wildman–Crippen MR) is 108 cm³/mol. The van der Waals surface area contributed by atoms with Crippen LogP contribution in [0.4, 0.5) is 18.9 Å². The van der Waals surface area contributed by atoms with Crippen LogP contribution in [0.2, 0.25) is 0 Å². The molecule has 1 fully saturated rings. The highest BCUT2D eigenvalue weighted by Crippen LogP contribution is 2.40. The quantitative estimate of drug-likeness (QED) is 0.795. The van der Waals surface area contributed by atoms with E-state index in [0.717, 1.165) is 36.2 Å². The molecule has 150 valence electrons. The normalized spacial score (nSPS) is 21.8. The fourth-order valence-electron chi connectivity index (χ4n) is 4.00. The summed E-state index contributed by atoms with van der Waals surface area (Å²) in [4.78, 5) is 16.3. The standard InChI is InChI=1S/C20H21F3N2OS2/c21-20(22,23)14-3-4-17-13(10-14)11-16(18-12-27-9-7-25(17)18)19(26)24-6-5-15-2-1-8-28-15/h1-4,8,10,16,18H,5-7,9,11-12H2,(H,24,26)/t16-,18+/m1/s1. The van der Waals surface area contributed by atoms with Crippen molar-refractivity contribution in [3.05, 3.63) is 51.7 Å². The summed E-state index contributed by atoms with van der Waals surface area (Å²) in [5.41, 5.74) is 0.824. The summed E-state index contributed by atoms with van der Waals surface area (Å²) in [6, 6.07) is 8.00. The molecule has 3 nitrogen and oxygen atoms in total. The lowest BCUT2D eigenvalue weighted by Gasteiger charge is -2.45. The predicted octanol–water partition coefficient (Wildman–Crippen LogP) is 4.22. The molecule has 4 rings (SSSR count). The van der Waals surface area contributed by atoms with Gasteiger partial charge >= 0.3 is 6.18 Å². The molecule has 28 heavy (non-hydrogen) atoms. The molecule has 3 heterocycles. The van der Waals surface area contributed by atoms with Crippen molar-refractivity contribution in [3.8, 4) is 0 Å². The third-order valence-corrected chi connectivity index (χ3v) is 7.36. The lowest BCUT2D eigenvalue weighted by atomic mass is 9.84. The maximum Gasteiger partial charge on any atom is 0.416 e. The molecule has 2 atom stereocenters. The Balaban J connectivity index is 1.53. The Morgan fingerprint density at radius 2 is 2.14 bits per heavy atom. The maximum absolute atomic E-state index is 13.2. The minimum absolute atomic E-state index is 0.0322. The van der Waals surface area contributed by atoms with Crippen LogP contribution in [0.3, 0.4) is 0 Å². The van der Waals surface area contributed by atoms with Crippen LogP contribution < -0.4 is 10.2 Å². The first-order valence-corrected chi connectivity index (χ1v) is 11.3. The van der Waals surface area contributed by atoms with Crippen LogP contribution in [0, 0.1) is 5.92 Å². The van der Waals surface area contributed by atoms with Crippen molar-refractivity contribution < 1.29 is 18.0 Å². The molecule has 0 saturated carbocycles. The first-order chi connectivity index (χ1) is 13.4. The molecule has 2 aliphatic rings. The van der Waals surface area contributed by atoms with E-state index in [9.17, 15) is 18.0 Å². The van der Waals surface area contributed by atoms with Gasteiger partial charge in [0.1, 0.15) is 0 Å². The smallest absolute Gasteiger partial charge is 0.366 e. The molecule has 2 aromatic rings. The van der Waals surface area contributed by atoms with Gasteiger partial charge in [-0.2, -0.15) is 24.9 Å². The second-order valence-corrected chi connectivity index (χ2v) is 9.29. The molecule has 0 aliphatic carbocycles. The zero-order valence-corrected chi connectivity index (χ0v) is 16.8. The van der Waals surface area contributed by atoms with Crippen molar-refractivity contribution in [1.29, 1.82) is 0 Å². The SMILES string of the molecule is O=C(NCCc1cccs1)[C@@H]1Cc2cc(C(F)(F)F)ccc2N2CCSC[C@@H]12. The number of carbonyl (C=O) groups is 1. The molecule has 1 aromatic carbocycles. The molecule has 2 aliphatic heterocycles. The van der Waals surface area contributed by atoms with E-state index in [-0.39, 0.29) is 17.9 Å². The number of benzene rings is 1. The summed E-state index contributed by atoms with van der Waals surface area (Å²) in [5, 5.41) is 5.01. The van der Waals surface area contributed by atoms with Crippen LogP contribution in [0.15, 0.2) is 35.7 Å². The van der Waals surface area contributed by atoms with E-state index in [0.29, 0.717) is 18.5 Å². The van der Waals surface area contributed by atoms with Crippen molar-refractivity contribution in [3.63, 3.8) is 0 Å². The number of rotatable bonds is 4. The minimum atomic E-state index is -4.37. The lowest BCUT2D eigenvalue weighted by Crippen LogP contribution is -2.55. The van der Waals surface area contributed by atoms with Crippen LogP contribution in [0.25, 0.3) is 0 Å². The van der Waals surface area contributed by atoms with Gasteiger partial charge in [0, 0.05) is 41.2 Å². The van der Waals surface area contributed by atoms with Crippen LogP contribution in [-0.4, -0.2) is 36.5 Å². The molecule has 1 saturated heterocycles. The Bertz CT molecular complexity index is 838. The molecule has 0 bridgehead atoms. The number of hydrogen-bond acceptors (Lipinski definition) is 4. The average molecular weight is 427 g/mol. The maximum atomic E-state index is 13.2. The fourth-order valence-corrected chi connectivity index (χ4v) is 5.85. The molecule has 1 aromatic heterocycles. The van der Waals surface area contributed by atoms with E-state index in [2.05, 4.69) is 10.2 Å². The Morgan fingerprint density at radius 1 is 1.29 bits per heavy atom. The van der Waals surface area contributed by atoms with Gasteiger partial charge in [0.15, 0.2) is 0 Å². The molecule has 0 radical (unpaired) electrons. The number of halogens is 3. The van der Waals surface area contributed by atoms with E-state index in [1.807, 2.05) is 17.5 Å². The monoisotopic (exact) mass is 426 g/mol. The van der Waals surface area contributed by atoms with Crippen LogP contribution >= 0.6 is 23.1 Å². The highest BCUT2D eigenvalue weighted by molar-refractivity contribution is 7.99. The first-order valence-electron chi connectivity index (χ1n) is 9.28. The highest BCUT2D eigenvalue weighted by Gasteiger charge is 2.41. The van der Waals surface area contributed by atoms with Gasteiger partial charge in [-0.25, -0.2) is 0 Å². The molecule has 0 unspecified atom stereocenters. The Morgan fingerprint density at radius 3 is 2.89 bits per heavy atom. The minimum Gasteiger partial charge on any atom is -0.366 e. The number of thioether (sulfide) groups is 1. The zero-order chi connectivity index (χ0) is 19.7. The van der Waals surface area contributed by atoms with Crippen molar-refractivity contribution in [2.75, 3.05) is 29.5 Å². The third-order valence-electron chi connectivity index (χ3n) is 5.37. The van der Waals surface area contributed by atoms with Gasteiger partial charge < -0.3 is 10.2 Å². The van der Waals surface area contributed by atoms with Gasteiger partial charge in [0.05, 0.1) is 11.5 Å². The number of nitrogens with one attached hydrogen (secondary N) is 1. The largest absolute Gasteiger partial charge is 0.416 e. The Kier molecular flexibility index (Phi) is 5.60. The van der Waals surface area contributed by atoms with Gasteiger partial charge in [0.2, 0.25) is 5.91 Å². The first kappa shape index (κ1) is 19.6. The van der Waals surface area contributed by atoms with Gasteiger partial charge in [0.25, 0.3) is 0 Å². The number of hydrogen-bond donors (Lipinski definition) is 1. The second kappa shape index (κ2) is 7.99. The van der Waals surface area contributed by atoms with E-state index >= 15 is 0 Å². The van der Waals surface area contributed by atoms with Crippen molar-refractivity contribution >= 4 is 34.7 Å². The summed E-state index contributed by atoms with van der Waals surface area (Å²) >= 11 is 3.46. The number of nitrogens with zero attached hydrogens (tertiary/aromatic N) is 1. The van der Waals surface area contributed by atoms with E-state index < -0.39 is 11.7 Å². The lowest BCUT2D eigenvalue weighted by molar-refractivity contribution is -0.137. The van der Waals surface area contributed by atoms with Crippen LogP contribution in [-0.2, 0) is 23.8 Å². The zero-order valence-electron chi connectivity index (χ0n) is 15.2. The van der Waals surface area contributed by atoms with Crippen LogP contribution in [0.5, 0.6) is 0 Å². The highest BCUT2D eigenvalue weighted by atomic mass is 32.2. The van der Waals surface area contributed by atoms with Gasteiger partial charge in [-0.15, -0.1) is 11.3 Å². The van der Waals surface area contributed by atoms with E-state index in [1.165, 1.54) is 10.9 Å². The summed E-state index contributed by atoms with van der Waals surface area (Å²) in [6.45, 7) is 1.30. The number of carbonyl (C=O) groups excluding carboxylic acids is 1. The molecule has 0 spiro atoms. The fraction of sp³-hybridized carbons (Fsp3) is 0.450. The number of alkyl halides is 3. The van der Waals surface area contributed by atoms with E-state index in [1.54, 1.807) is 29.2 Å². The van der Waals surface area contributed by atoms with Gasteiger partial charge in [-0.1, -0.05) is 6.07 Å². The van der Waals surface area contributed by atoms with Crippen molar-refractivity contribution in [2.45, 2.75) is 25.1 Å². The molecule has 1 N–H and O–H groups in total. The van der Waals surface area contributed by atoms with Gasteiger partial charge in [-0.3, -0.25) is 4.79 Å². The molecular formula is C20H21F3N2OS2. The molecular weight excluding hydrogens is 405 g/mol. The third kappa shape index (κ3) is 4.03. The number of fused-ring (bicyclic) bond motifs is 3. The second-order valence-electron chi connectivity index (χ2n) is 7.11. The number of amides is 1. The summed E-state index contributed by atoms with van der Waals surface area (Å²) in [7, 11) is 0. The average Bonchev–Trinajstić information content (AvgIpc) is 3.19. The van der Waals surface area contributed by atoms with Crippen molar-refractivity contribution in [2.24, 2.45) is 5.92 Å². The van der Waals surface area contributed by atoms with Crippen LogP contribution in [0.1, 0.15) is 16.0 Å². The summed E-state index contributed by atoms with van der Waals surface area (Å²) in [6.07, 6.45) is -3.25. The van der Waals surface area contributed by atoms with E-state index in [4.69, 9.17) is 0 Å². The van der Waals surface area contributed by atoms with Crippen molar-refractivity contribution in [1.82, 2.24) is 5.32 Å². The summed E-state index contributed by atoms with van der Waals surface area (Å²) < 4.78 is 39.5.